The van der Waals surface area contributed by atoms with Crippen LogP contribution in [0.4, 0.5) is 0 Å². The van der Waals surface area contributed by atoms with E-state index in [9.17, 15) is 18.0 Å². The first-order valence-electron chi connectivity index (χ1n) is 10.6. The number of nitrogens with zero attached hydrogens (tertiary/aromatic N) is 4. The molecule has 2 aliphatic rings. The summed E-state index contributed by atoms with van der Waals surface area (Å²) in [4.78, 5) is 39.3. The first-order valence-corrected chi connectivity index (χ1v) is 12.1. The maximum atomic E-state index is 13.1. The second-order valence-corrected chi connectivity index (χ2v) is 10.8. The number of carbonyl (C=O) groups excluding carboxylic acids is 1. The molecule has 0 aliphatic carbocycles. The molecule has 31 heavy (non-hydrogen) atoms. The Balaban J connectivity index is 1.67. The Hall–Kier alpha value is -2.59. The summed E-state index contributed by atoms with van der Waals surface area (Å²) in [7, 11) is -3.45. The number of carbonyl (C=O) groups is 1. The van der Waals surface area contributed by atoms with Crippen LogP contribution in [0.15, 0.2) is 29.2 Å². The van der Waals surface area contributed by atoms with Crippen LogP contribution in [-0.4, -0.2) is 56.8 Å². The molecule has 0 spiro atoms. The number of nitrogens with one attached hydrogen (secondary N) is 1. The first-order chi connectivity index (χ1) is 14.8. The molecule has 1 N–H and O–H groups in total. The quantitative estimate of drug-likeness (QED) is 0.765. The van der Waals surface area contributed by atoms with Crippen molar-refractivity contribution in [3.8, 4) is 0 Å². The number of aromatic amines is 1. The lowest BCUT2D eigenvalue weighted by atomic mass is 10.00. The van der Waals surface area contributed by atoms with Crippen LogP contribution in [0.2, 0.25) is 0 Å². The second-order valence-electron chi connectivity index (χ2n) is 8.28. The molecular formula is C21H27N5O4S. The summed E-state index contributed by atoms with van der Waals surface area (Å²) in [6.07, 6.45) is 4.35. The predicted molar refractivity (Wildman–Crippen MR) is 115 cm³/mol. The Morgan fingerprint density at radius 3 is 2.74 bits per heavy atom. The minimum Gasteiger partial charge on any atom is -0.327 e. The number of piperidine rings is 1. The van der Waals surface area contributed by atoms with Crippen molar-refractivity contribution in [3.63, 3.8) is 0 Å². The van der Waals surface area contributed by atoms with Crippen molar-refractivity contribution < 1.29 is 13.2 Å². The van der Waals surface area contributed by atoms with Gasteiger partial charge in [0.25, 0.3) is 11.5 Å². The Bertz CT molecular complexity index is 1130. The fourth-order valence-electron chi connectivity index (χ4n) is 4.20. The van der Waals surface area contributed by atoms with Crippen molar-refractivity contribution in [2.24, 2.45) is 0 Å². The maximum absolute atomic E-state index is 13.1. The zero-order valence-corrected chi connectivity index (χ0v) is 18.6. The van der Waals surface area contributed by atoms with Gasteiger partial charge in [-0.1, -0.05) is 6.07 Å². The van der Waals surface area contributed by atoms with Gasteiger partial charge in [-0.2, -0.15) is 4.31 Å². The van der Waals surface area contributed by atoms with Crippen LogP contribution in [0.5, 0.6) is 0 Å². The van der Waals surface area contributed by atoms with Gasteiger partial charge in [0.1, 0.15) is 11.5 Å². The number of hydrogen-bond donors (Lipinski definition) is 1. The fourth-order valence-corrected chi connectivity index (χ4v) is 5.45. The van der Waals surface area contributed by atoms with Crippen LogP contribution < -0.4 is 5.56 Å². The van der Waals surface area contributed by atoms with Gasteiger partial charge >= 0.3 is 0 Å². The molecule has 4 heterocycles. The van der Waals surface area contributed by atoms with E-state index >= 15 is 0 Å². The van der Waals surface area contributed by atoms with Crippen molar-refractivity contribution in [1.29, 1.82) is 0 Å². The fraction of sp³-hybridized carbons (Fsp3) is 0.524. The lowest BCUT2D eigenvalue weighted by molar-refractivity contribution is 0.0592. The van der Waals surface area contributed by atoms with E-state index in [1.54, 1.807) is 43.1 Å². The van der Waals surface area contributed by atoms with Crippen molar-refractivity contribution in [2.75, 3.05) is 13.1 Å². The van der Waals surface area contributed by atoms with E-state index in [0.717, 1.165) is 12.8 Å². The van der Waals surface area contributed by atoms with Gasteiger partial charge in [0.15, 0.2) is 0 Å². The highest BCUT2D eigenvalue weighted by Crippen LogP contribution is 2.30. The summed E-state index contributed by atoms with van der Waals surface area (Å²) in [6, 6.07) is 4.82. The van der Waals surface area contributed by atoms with Crippen LogP contribution in [0.1, 0.15) is 66.7 Å². The number of aromatic nitrogens is 3. The Kier molecular flexibility index (Phi) is 5.94. The van der Waals surface area contributed by atoms with E-state index in [2.05, 4.69) is 15.0 Å². The molecule has 1 atom stereocenters. The number of amides is 1. The highest BCUT2D eigenvalue weighted by Gasteiger charge is 2.34. The number of pyridine rings is 1. The molecule has 0 radical (unpaired) electrons. The van der Waals surface area contributed by atoms with E-state index in [-0.39, 0.29) is 30.6 Å². The number of hydrogen-bond acceptors (Lipinski definition) is 6. The van der Waals surface area contributed by atoms with E-state index in [0.29, 0.717) is 42.2 Å². The van der Waals surface area contributed by atoms with Gasteiger partial charge in [0.05, 0.1) is 23.5 Å². The number of H-pyrrole nitrogens is 1. The normalized spacial score (nSPS) is 20.0. The Morgan fingerprint density at radius 2 is 2.03 bits per heavy atom. The predicted octanol–water partition coefficient (Wildman–Crippen LogP) is 1.63. The Labute approximate surface area is 181 Å². The standard InChI is InChI=1S/C21H27N5O4S/c1-14(2)31(29,30)25-12-9-15-17(13-25)23-19(24-20(15)27)18-8-4-6-11-26(18)21(28)16-7-3-5-10-22-16/h3,5,7,10,14,18H,4,6,8-9,11-13H2,1-2H3,(H,23,24,27)/t18-/m0/s1. The zero-order valence-electron chi connectivity index (χ0n) is 17.7. The summed E-state index contributed by atoms with van der Waals surface area (Å²) in [5, 5.41) is -0.541. The lowest BCUT2D eigenvalue weighted by Crippen LogP contribution is -2.44. The molecule has 0 bridgehead atoms. The Morgan fingerprint density at radius 1 is 1.23 bits per heavy atom. The van der Waals surface area contributed by atoms with Crippen LogP contribution >= 0.6 is 0 Å². The molecule has 2 aliphatic heterocycles. The van der Waals surface area contributed by atoms with Crippen LogP contribution in [-0.2, 0) is 23.0 Å². The summed E-state index contributed by atoms with van der Waals surface area (Å²) in [5.41, 5.74) is 1.10. The van der Waals surface area contributed by atoms with Crippen molar-refractivity contribution in [1.82, 2.24) is 24.2 Å². The van der Waals surface area contributed by atoms with E-state index in [4.69, 9.17) is 0 Å². The topological polar surface area (TPSA) is 116 Å². The highest BCUT2D eigenvalue weighted by atomic mass is 32.2. The minimum atomic E-state index is -3.45. The monoisotopic (exact) mass is 445 g/mol. The molecule has 0 aromatic carbocycles. The van der Waals surface area contributed by atoms with Crippen molar-refractivity contribution >= 4 is 15.9 Å². The summed E-state index contributed by atoms with van der Waals surface area (Å²) < 4.78 is 26.6. The summed E-state index contributed by atoms with van der Waals surface area (Å²) in [5.74, 6) is 0.214. The molecule has 1 saturated heterocycles. The highest BCUT2D eigenvalue weighted by molar-refractivity contribution is 7.89. The van der Waals surface area contributed by atoms with Gasteiger partial charge in [0, 0.05) is 24.8 Å². The van der Waals surface area contributed by atoms with Gasteiger partial charge in [-0.25, -0.2) is 13.4 Å². The molecule has 10 heteroatoms. The largest absolute Gasteiger partial charge is 0.327 e. The van der Waals surface area contributed by atoms with Gasteiger partial charge in [-0.05, 0) is 51.7 Å². The second kappa shape index (κ2) is 8.51. The molecule has 2 aromatic heterocycles. The molecule has 9 nitrogen and oxygen atoms in total. The lowest BCUT2D eigenvalue weighted by Gasteiger charge is -2.35. The minimum absolute atomic E-state index is 0.0771. The average Bonchev–Trinajstić information content (AvgIpc) is 2.78. The SMILES string of the molecule is CC(C)S(=O)(=O)N1CCc2c(nc([C@@H]3CCCCN3C(=O)c3ccccn3)[nH]c2=O)C1. The van der Waals surface area contributed by atoms with Crippen LogP contribution in [0.25, 0.3) is 0 Å². The van der Waals surface area contributed by atoms with Gasteiger partial charge in [-0.3, -0.25) is 14.6 Å². The van der Waals surface area contributed by atoms with E-state index in [1.807, 2.05) is 0 Å². The van der Waals surface area contributed by atoms with Gasteiger partial charge in [0.2, 0.25) is 10.0 Å². The molecule has 166 valence electrons. The van der Waals surface area contributed by atoms with E-state index in [1.165, 1.54) is 4.31 Å². The molecule has 0 unspecified atom stereocenters. The van der Waals surface area contributed by atoms with E-state index < -0.39 is 15.3 Å². The van der Waals surface area contributed by atoms with Gasteiger partial charge in [-0.15, -0.1) is 0 Å². The molecule has 1 amide bonds. The molecule has 1 fully saturated rings. The van der Waals surface area contributed by atoms with Gasteiger partial charge < -0.3 is 9.88 Å². The van der Waals surface area contributed by atoms with Crippen molar-refractivity contribution in [2.45, 2.75) is 57.4 Å². The third-order valence-electron chi connectivity index (χ3n) is 5.98. The number of sulfonamides is 1. The molecular weight excluding hydrogens is 418 g/mol. The zero-order chi connectivity index (χ0) is 22.2. The smallest absolute Gasteiger partial charge is 0.273 e. The molecule has 2 aromatic rings. The molecule has 0 saturated carbocycles. The average molecular weight is 446 g/mol. The van der Waals surface area contributed by atoms with Crippen molar-refractivity contribution in [3.05, 3.63) is 57.5 Å². The summed E-state index contributed by atoms with van der Waals surface area (Å²) >= 11 is 0. The van der Waals surface area contributed by atoms with Crippen LogP contribution in [0.3, 0.4) is 0 Å². The maximum Gasteiger partial charge on any atom is 0.273 e. The molecule has 4 rings (SSSR count). The first kappa shape index (κ1) is 21.6. The van der Waals surface area contributed by atoms with Crippen LogP contribution in [0, 0.1) is 0 Å². The third-order valence-corrected chi connectivity index (χ3v) is 8.20. The summed E-state index contributed by atoms with van der Waals surface area (Å²) in [6.45, 7) is 4.18. The number of fused-ring (bicyclic) bond motifs is 1. The number of rotatable bonds is 4. The number of likely N-dealkylation sites (tertiary alicyclic amines) is 1. The third kappa shape index (κ3) is 4.14.